The normalized spacial score (nSPS) is 11.2. The molecule has 5 heteroatoms. The van der Waals surface area contributed by atoms with Crippen LogP contribution in [0.2, 0.25) is 0 Å². The zero-order valence-electron chi connectivity index (χ0n) is 10.5. The van der Waals surface area contributed by atoms with Gasteiger partial charge in [-0.05, 0) is 26.8 Å². The van der Waals surface area contributed by atoms with Crippen molar-refractivity contribution < 1.29 is 4.74 Å². The largest absolute Gasteiger partial charge is 0.389 e. The van der Waals surface area contributed by atoms with Crippen LogP contribution in [0, 0.1) is 0 Å². The predicted octanol–water partition coefficient (Wildman–Crippen LogP) is 1.94. The number of hydrogen-bond donors (Lipinski definition) is 2. The SMILES string of the molecule is CCOC(C)(C)CNc1cnccc1C(N)=S. The summed E-state index contributed by atoms with van der Waals surface area (Å²) in [6.07, 6.45) is 3.39. The maximum Gasteiger partial charge on any atom is 0.106 e. The number of ether oxygens (including phenoxy) is 1. The van der Waals surface area contributed by atoms with E-state index < -0.39 is 0 Å². The van der Waals surface area contributed by atoms with Gasteiger partial charge in [-0.15, -0.1) is 0 Å². The molecule has 0 unspecified atom stereocenters. The summed E-state index contributed by atoms with van der Waals surface area (Å²) in [6.45, 7) is 7.39. The van der Waals surface area contributed by atoms with Crippen LogP contribution in [0.1, 0.15) is 26.3 Å². The van der Waals surface area contributed by atoms with Crippen molar-refractivity contribution >= 4 is 22.9 Å². The Labute approximate surface area is 108 Å². The number of aromatic nitrogens is 1. The smallest absolute Gasteiger partial charge is 0.106 e. The number of nitrogens with one attached hydrogen (secondary N) is 1. The molecular weight excluding hydrogens is 234 g/mol. The molecule has 3 N–H and O–H groups in total. The highest BCUT2D eigenvalue weighted by molar-refractivity contribution is 7.80. The monoisotopic (exact) mass is 253 g/mol. The molecule has 1 aromatic rings. The van der Waals surface area contributed by atoms with Crippen molar-refractivity contribution in [2.24, 2.45) is 5.73 Å². The van der Waals surface area contributed by atoms with E-state index in [1.165, 1.54) is 0 Å². The lowest BCUT2D eigenvalue weighted by molar-refractivity contribution is 0.000694. The average Bonchev–Trinajstić information content (AvgIpc) is 2.27. The van der Waals surface area contributed by atoms with E-state index >= 15 is 0 Å². The first kappa shape index (κ1) is 13.9. The molecule has 0 aliphatic heterocycles. The van der Waals surface area contributed by atoms with E-state index in [1.807, 2.05) is 20.8 Å². The van der Waals surface area contributed by atoms with E-state index in [2.05, 4.69) is 10.3 Å². The van der Waals surface area contributed by atoms with Crippen molar-refractivity contribution in [1.82, 2.24) is 4.98 Å². The second-order valence-corrected chi connectivity index (χ2v) is 4.77. The van der Waals surface area contributed by atoms with Crippen molar-refractivity contribution in [3.63, 3.8) is 0 Å². The number of pyridine rings is 1. The summed E-state index contributed by atoms with van der Waals surface area (Å²) in [6, 6.07) is 1.80. The summed E-state index contributed by atoms with van der Waals surface area (Å²) in [7, 11) is 0. The highest BCUT2D eigenvalue weighted by Gasteiger charge is 2.17. The zero-order valence-corrected chi connectivity index (χ0v) is 11.3. The lowest BCUT2D eigenvalue weighted by Crippen LogP contribution is -2.33. The number of anilines is 1. The van der Waals surface area contributed by atoms with Crippen molar-refractivity contribution in [2.75, 3.05) is 18.5 Å². The van der Waals surface area contributed by atoms with Crippen LogP contribution in [-0.4, -0.2) is 28.7 Å². The van der Waals surface area contributed by atoms with Gasteiger partial charge in [-0.2, -0.15) is 0 Å². The lowest BCUT2D eigenvalue weighted by atomic mass is 10.1. The van der Waals surface area contributed by atoms with Crippen molar-refractivity contribution in [3.05, 3.63) is 24.0 Å². The third kappa shape index (κ3) is 4.28. The van der Waals surface area contributed by atoms with Crippen LogP contribution in [-0.2, 0) is 4.74 Å². The Morgan fingerprint density at radius 1 is 1.59 bits per heavy atom. The van der Waals surface area contributed by atoms with Crippen LogP contribution in [0.5, 0.6) is 0 Å². The number of nitrogens with two attached hydrogens (primary N) is 1. The Morgan fingerprint density at radius 2 is 2.29 bits per heavy atom. The van der Waals surface area contributed by atoms with Gasteiger partial charge in [0.2, 0.25) is 0 Å². The quantitative estimate of drug-likeness (QED) is 0.759. The molecule has 17 heavy (non-hydrogen) atoms. The Bertz CT molecular complexity index is 393. The van der Waals surface area contributed by atoms with Gasteiger partial charge in [-0.1, -0.05) is 12.2 Å². The Kier molecular flexibility index (Phi) is 4.84. The van der Waals surface area contributed by atoms with Crippen LogP contribution in [0.25, 0.3) is 0 Å². The van der Waals surface area contributed by atoms with Gasteiger partial charge in [0.05, 0.1) is 17.5 Å². The van der Waals surface area contributed by atoms with E-state index in [0.29, 0.717) is 18.1 Å². The summed E-state index contributed by atoms with van der Waals surface area (Å²) in [5.41, 5.74) is 7.06. The summed E-state index contributed by atoms with van der Waals surface area (Å²) < 4.78 is 5.60. The number of hydrogen-bond acceptors (Lipinski definition) is 4. The molecule has 0 aromatic carbocycles. The van der Waals surface area contributed by atoms with Crippen molar-refractivity contribution in [2.45, 2.75) is 26.4 Å². The summed E-state index contributed by atoms with van der Waals surface area (Å²) >= 11 is 4.99. The third-order valence-electron chi connectivity index (χ3n) is 2.33. The molecule has 0 fully saturated rings. The molecular formula is C12H19N3OS. The first-order valence-corrected chi connectivity index (χ1v) is 5.99. The second kappa shape index (κ2) is 5.93. The number of thiocarbonyl (C=S) groups is 1. The fourth-order valence-electron chi connectivity index (χ4n) is 1.50. The summed E-state index contributed by atoms with van der Waals surface area (Å²) in [5.74, 6) is 0. The van der Waals surface area contributed by atoms with Gasteiger partial charge in [0, 0.05) is 24.9 Å². The predicted molar refractivity (Wildman–Crippen MR) is 74.3 cm³/mol. The van der Waals surface area contributed by atoms with E-state index in [-0.39, 0.29) is 5.60 Å². The summed E-state index contributed by atoms with van der Waals surface area (Å²) in [5, 5.41) is 3.26. The van der Waals surface area contributed by atoms with Crippen LogP contribution in [0.3, 0.4) is 0 Å². The van der Waals surface area contributed by atoms with Gasteiger partial charge in [0.1, 0.15) is 4.99 Å². The van der Waals surface area contributed by atoms with Gasteiger partial charge in [-0.25, -0.2) is 0 Å². The molecule has 4 nitrogen and oxygen atoms in total. The van der Waals surface area contributed by atoms with E-state index in [1.54, 1.807) is 18.5 Å². The molecule has 0 bridgehead atoms. The van der Waals surface area contributed by atoms with Crippen LogP contribution >= 0.6 is 12.2 Å². The molecule has 0 radical (unpaired) electrons. The molecule has 0 saturated carbocycles. The Balaban J connectivity index is 2.72. The fraction of sp³-hybridized carbons (Fsp3) is 0.500. The zero-order chi connectivity index (χ0) is 12.9. The van der Waals surface area contributed by atoms with Gasteiger partial charge in [0.25, 0.3) is 0 Å². The molecule has 0 spiro atoms. The van der Waals surface area contributed by atoms with Crippen LogP contribution in [0.15, 0.2) is 18.5 Å². The first-order valence-electron chi connectivity index (χ1n) is 5.58. The van der Waals surface area contributed by atoms with Gasteiger partial charge < -0.3 is 15.8 Å². The highest BCUT2D eigenvalue weighted by Crippen LogP contribution is 2.16. The second-order valence-electron chi connectivity index (χ2n) is 4.33. The van der Waals surface area contributed by atoms with E-state index in [9.17, 15) is 0 Å². The van der Waals surface area contributed by atoms with Gasteiger partial charge in [-0.3, -0.25) is 4.98 Å². The van der Waals surface area contributed by atoms with Crippen LogP contribution < -0.4 is 11.1 Å². The Morgan fingerprint density at radius 3 is 2.88 bits per heavy atom. The average molecular weight is 253 g/mol. The maximum absolute atomic E-state index is 5.64. The number of rotatable bonds is 6. The van der Waals surface area contributed by atoms with Gasteiger partial charge in [0.15, 0.2) is 0 Å². The van der Waals surface area contributed by atoms with E-state index in [4.69, 9.17) is 22.7 Å². The summed E-state index contributed by atoms with van der Waals surface area (Å²) in [4.78, 5) is 4.42. The minimum atomic E-state index is -0.238. The first-order chi connectivity index (χ1) is 7.96. The molecule has 0 aliphatic carbocycles. The van der Waals surface area contributed by atoms with Crippen LogP contribution in [0.4, 0.5) is 5.69 Å². The fourth-order valence-corrected chi connectivity index (χ4v) is 1.68. The molecule has 1 heterocycles. The lowest BCUT2D eigenvalue weighted by Gasteiger charge is -2.25. The molecule has 1 rings (SSSR count). The van der Waals surface area contributed by atoms with E-state index in [0.717, 1.165) is 11.3 Å². The minimum absolute atomic E-state index is 0.238. The number of nitrogens with zero attached hydrogens (tertiary/aromatic N) is 1. The Hall–Kier alpha value is -1.20. The molecule has 1 aromatic heterocycles. The highest BCUT2D eigenvalue weighted by atomic mass is 32.1. The molecule has 94 valence electrons. The van der Waals surface area contributed by atoms with Gasteiger partial charge >= 0.3 is 0 Å². The topological polar surface area (TPSA) is 60.2 Å². The maximum atomic E-state index is 5.64. The third-order valence-corrected chi connectivity index (χ3v) is 2.55. The minimum Gasteiger partial charge on any atom is -0.389 e. The van der Waals surface area contributed by atoms with Crippen molar-refractivity contribution in [3.8, 4) is 0 Å². The molecule has 0 aliphatic rings. The molecule has 0 amide bonds. The molecule has 0 atom stereocenters. The standard InChI is InChI=1S/C12H19N3OS/c1-4-16-12(2,3)8-15-10-7-14-6-5-9(10)11(13)17/h5-7,15H,4,8H2,1-3H3,(H2,13,17). The van der Waals surface area contributed by atoms with Crippen molar-refractivity contribution in [1.29, 1.82) is 0 Å². The molecule has 0 saturated heterocycles.